The van der Waals surface area contributed by atoms with E-state index in [1.54, 1.807) is 11.8 Å². The molecule has 0 spiro atoms. The summed E-state index contributed by atoms with van der Waals surface area (Å²) in [4.78, 5) is 16.2. The number of rotatable bonds is 8. The Morgan fingerprint density at radius 1 is 0.906 bits per heavy atom. The first-order valence-electron chi connectivity index (χ1n) is 10.9. The number of aromatic nitrogens is 1. The molecule has 1 heterocycles. The molecule has 0 saturated heterocycles. The van der Waals surface area contributed by atoms with Crippen molar-refractivity contribution in [2.75, 3.05) is 18.0 Å². The second-order valence-corrected chi connectivity index (χ2v) is 8.81. The number of carbonyl (C=O) groups is 1. The zero-order chi connectivity index (χ0) is 22.7. The largest absolute Gasteiger partial charge is 0.480 e. The summed E-state index contributed by atoms with van der Waals surface area (Å²) >= 11 is 1.71. The van der Waals surface area contributed by atoms with Gasteiger partial charge in [-0.3, -0.25) is 4.79 Å². The smallest absolute Gasteiger partial charge is 0.323 e. The Kier molecular flexibility index (Phi) is 6.56. The lowest BCUT2D eigenvalue weighted by molar-refractivity contribution is -0.137. The van der Waals surface area contributed by atoms with Gasteiger partial charge in [0.15, 0.2) is 0 Å². The number of carboxylic acids is 1. The molecule has 1 N–H and O–H groups in total. The fourth-order valence-corrected chi connectivity index (χ4v) is 5.30. The highest BCUT2D eigenvalue weighted by Crippen LogP contribution is 2.43. The van der Waals surface area contributed by atoms with Crippen molar-refractivity contribution in [3.8, 4) is 11.1 Å². The zero-order valence-electron chi connectivity index (χ0n) is 18.7. The molecule has 164 valence electrons. The van der Waals surface area contributed by atoms with Crippen LogP contribution in [0.2, 0.25) is 0 Å². The lowest BCUT2D eigenvalue weighted by atomic mass is 10.1. The Hall–Kier alpha value is -3.18. The first-order valence-corrected chi connectivity index (χ1v) is 11.8. The molecule has 0 saturated carbocycles. The third kappa shape index (κ3) is 4.26. The van der Waals surface area contributed by atoms with E-state index in [0.29, 0.717) is 0 Å². The van der Waals surface area contributed by atoms with Crippen LogP contribution in [0.5, 0.6) is 0 Å². The number of carboxylic acid groups (broad SMARTS) is 1. The highest BCUT2D eigenvalue weighted by atomic mass is 32.2. The minimum atomic E-state index is -0.831. The topological polar surface area (TPSA) is 45.5 Å². The first-order chi connectivity index (χ1) is 15.5. The predicted molar refractivity (Wildman–Crippen MR) is 134 cm³/mol. The van der Waals surface area contributed by atoms with E-state index in [9.17, 15) is 9.90 Å². The third-order valence-electron chi connectivity index (χ3n) is 5.85. The molecular formula is C27H28N2O2S. The zero-order valence-corrected chi connectivity index (χ0v) is 19.5. The number of anilines is 1. The number of hydrogen-bond donors (Lipinski definition) is 1. The molecule has 0 bridgehead atoms. The fraction of sp³-hybridized carbons (Fsp3) is 0.222. The molecule has 1 aromatic heterocycles. The molecule has 0 unspecified atom stereocenters. The van der Waals surface area contributed by atoms with Gasteiger partial charge < -0.3 is 14.6 Å². The van der Waals surface area contributed by atoms with Crippen LogP contribution < -0.4 is 4.90 Å². The SMILES string of the molecule is CCN(CC)c1cccc2c1c(Sc1ccc(-c3ccccc3)cc1)c(C)n2CC(=O)O. The third-order valence-corrected chi connectivity index (χ3v) is 7.06. The standard InChI is InChI=1S/C27H28N2O2S/c1-4-28(5-2)23-12-9-13-24-26(23)27(19(3)29(24)18-25(30)31)32-22-16-14-21(15-17-22)20-10-7-6-8-11-20/h6-17H,4-5,18H2,1-3H3,(H,30,31). The van der Waals surface area contributed by atoms with E-state index in [0.717, 1.165) is 45.2 Å². The summed E-state index contributed by atoms with van der Waals surface area (Å²) in [5.41, 5.74) is 5.49. The van der Waals surface area contributed by atoms with Crippen LogP contribution in [0.15, 0.2) is 82.6 Å². The summed E-state index contributed by atoms with van der Waals surface area (Å²) in [6.45, 7) is 8.08. The van der Waals surface area contributed by atoms with Gasteiger partial charge in [0.1, 0.15) is 6.54 Å². The van der Waals surface area contributed by atoms with Gasteiger partial charge in [-0.25, -0.2) is 0 Å². The minimum Gasteiger partial charge on any atom is -0.480 e. The maximum atomic E-state index is 11.6. The van der Waals surface area contributed by atoms with Crippen molar-refractivity contribution < 1.29 is 9.90 Å². The number of fused-ring (bicyclic) bond motifs is 1. The van der Waals surface area contributed by atoms with Crippen LogP contribution in [-0.2, 0) is 11.3 Å². The number of nitrogens with zero attached hydrogens (tertiary/aromatic N) is 2. The van der Waals surface area contributed by atoms with Gasteiger partial charge in [0.05, 0.1) is 5.52 Å². The normalized spacial score (nSPS) is 11.1. The maximum absolute atomic E-state index is 11.6. The molecule has 3 aromatic carbocycles. The molecule has 5 heteroatoms. The fourth-order valence-electron chi connectivity index (χ4n) is 4.23. The summed E-state index contributed by atoms with van der Waals surface area (Å²) in [5, 5.41) is 10.7. The second-order valence-electron chi connectivity index (χ2n) is 7.73. The summed E-state index contributed by atoms with van der Waals surface area (Å²) in [6.07, 6.45) is 0. The molecular weight excluding hydrogens is 416 g/mol. The molecule has 4 rings (SSSR count). The van der Waals surface area contributed by atoms with Crippen molar-refractivity contribution in [2.24, 2.45) is 0 Å². The molecule has 0 atom stereocenters. The van der Waals surface area contributed by atoms with Crippen LogP contribution in [0.4, 0.5) is 5.69 Å². The molecule has 0 radical (unpaired) electrons. The van der Waals surface area contributed by atoms with Crippen LogP contribution in [-0.4, -0.2) is 28.7 Å². The van der Waals surface area contributed by atoms with E-state index in [1.165, 1.54) is 11.1 Å². The summed E-state index contributed by atoms with van der Waals surface area (Å²) in [6, 6.07) is 25.1. The van der Waals surface area contributed by atoms with Crippen molar-refractivity contribution in [1.82, 2.24) is 4.57 Å². The molecule has 32 heavy (non-hydrogen) atoms. The molecule has 4 aromatic rings. The lowest BCUT2D eigenvalue weighted by Crippen LogP contribution is -2.22. The van der Waals surface area contributed by atoms with Crippen molar-refractivity contribution >= 4 is 34.3 Å². The van der Waals surface area contributed by atoms with E-state index < -0.39 is 5.97 Å². The maximum Gasteiger partial charge on any atom is 0.323 e. The van der Waals surface area contributed by atoms with Crippen LogP contribution in [0, 0.1) is 6.92 Å². The predicted octanol–water partition coefficient (Wildman–Crippen LogP) is 6.70. The van der Waals surface area contributed by atoms with Crippen molar-refractivity contribution in [2.45, 2.75) is 37.1 Å². The van der Waals surface area contributed by atoms with Gasteiger partial charge in [-0.2, -0.15) is 0 Å². The van der Waals surface area contributed by atoms with E-state index in [-0.39, 0.29) is 6.54 Å². The average Bonchev–Trinajstić information content (AvgIpc) is 3.07. The van der Waals surface area contributed by atoms with Crippen molar-refractivity contribution in [3.05, 3.63) is 78.5 Å². The van der Waals surface area contributed by atoms with E-state index >= 15 is 0 Å². The van der Waals surface area contributed by atoms with Gasteiger partial charge >= 0.3 is 5.97 Å². The van der Waals surface area contributed by atoms with Crippen molar-refractivity contribution in [3.63, 3.8) is 0 Å². The van der Waals surface area contributed by atoms with Crippen LogP contribution in [0.1, 0.15) is 19.5 Å². The van der Waals surface area contributed by atoms with Gasteiger partial charge in [-0.15, -0.1) is 0 Å². The summed E-state index contributed by atoms with van der Waals surface area (Å²) in [5.74, 6) is -0.831. The Bertz CT molecular complexity index is 1230. The Labute approximate surface area is 193 Å². The van der Waals surface area contributed by atoms with Crippen LogP contribution in [0.3, 0.4) is 0 Å². The number of benzene rings is 3. The molecule has 4 nitrogen and oxygen atoms in total. The second kappa shape index (κ2) is 9.53. The molecule has 0 amide bonds. The average molecular weight is 445 g/mol. The van der Waals surface area contributed by atoms with Gasteiger partial charge in [0, 0.05) is 39.6 Å². The van der Waals surface area contributed by atoms with Crippen LogP contribution in [0.25, 0.3) is 22.0 Å². The highest BCUT2D eigenvalue weighted by Gasteiger charge is 2.21. The van der Waals surface area contributed by atoms with E-state index in [4.69, 9.17) is 0 Å². The highest BCUT2D eigenvalue weighted by molar-refractivity contribution is 7.99. The number of aliphatic carboxylic acids is 1. The lowest BCUT2D eigenvalue weighted by Gasteiger charge is -2.22. The van der Waals surface area contributed by atoms with E-state index in [2.05, 4.69) is 61.2 Å². The van der Waals surface area contributed by atoms with Gasteiger partial charge in [-0.05, 0) is 56.2 Å². The Morgan fingerprint density at radius 2 is 1.56 bits per heavy atom. The van der Waals surface area contributed by atoms with E-state index in [1.807, 2.05) is 41.8 Å². The van der Waals surface area contributed by atoms with Gasteiger partial charge in [0.2, 0.25) is 0 Å². The minimum absolute atomic E-state index is 0.0441. The summed E-state index contributed by atoms with van der Waals surface area (Å²) < 4.78 is 1.92. The Balaban J connectivity index is 1.80. The monoisotopic (exact) mass is 444 g/mol. The van der Waals surface area contributed by atoms with Crippen LogP contribution >= 0.6 is 11.8 Å². The number of hydrogen-bond acceptors (Lipinski definition) is 3. The summed E-state index contributed by atoms with van der Waals surface area (Å²) in [7, 11) is 0. The Morgan fingerprint density at radius 3 is 2.19 bits per heavy atom. The first kappa shape index (κ1) is 22.0. The van der Waals surface area contributed by atoms with Gasteiger partial charge in [-0.1, -0.05) is 60.3 Å². The molecule has 0 aliphatic carbocycles. The molecule has 0 aliphatic rings. The molecule has 0 fully saturated rings. The van der Waals surface area contributed by atoms with Crippen molar-refractivity contribution in [1.29, 1.82) is 0 Å². The van der Waals surface area contributed by atoms with Gasteiger partial charge in [0.25, 0.3) is 0 Å². The molecule has 0 aliphatic heterocycles. The quantitative estimate of drug-likeness (QED) is 0.328.